The van der Waals surface area contributed by atoms with E-state index in [-0.39, 0.29) is 0 Å². The van der Waals surface area contributed by atoms with Crippen LogP contribution in [0, 0.1) is 5.92 Å². The molecule has 0 saturated carbocycles. The van der Waals surface area contributed by atoms with Gasteiger partial charge in [-0.3, -0.25) is 4.79 Å². The Morgan fingerprint density at radius 1 is 1.12 bits per heavy atom. The van der Waals surface area contributed by atoms with E-state index in [0.717, 1.165) is 24.0 Å². The van der Waals surface area contributed by atoms with Crippen molar-refractivity contribution in [2.24, 2.45) is 11.7 Å². The second-order valence-electron chi connectivity index (χ2n) is 8.20. The summed E-state index contributed by atoms with van der Waals surface area (Å²) in [4.78, 5) is 13.6. The number of carbonyl (C=O) groups is 1. The highest BCUT2D eigenvalue weighted by Crippen LogP contribution is 2.28. The van der Waals surface area contributed by atoms with Crippen LogP contribution in [0.3, 0.4) is 0 Å². The highest BCUT2D eigenvalue weighted by atomic mass is 35.5. The van der Waals surface area contributed by atoms with Crippen molar-refractivity contribution in [1.29, 1.82) is 0 Å². The minimum absolute atomic E-state index is 0.372. The average Bonchev–Trinajstić information content (AvgIpc) is 2.74. The van der Waals surface area contributed by atoms with Gasteiger partial charge in [0.1, 0.15) is 0 Å². The first-order valence-corrected chi connectivity index (χ1v) is 11.5. The lowest BCUT2D eigenvalue weighted by Crippen LogP contribution is -2.38. The maximum absolute atomic E-state index is 11.5. The fourth-order valence-electron chi connectivity index (χ4n) is 3.76. The van der Waals surface area contributed by atoms with E-state index in [0.29, 0.717) is 47.0 Å². The van der Waals surface area contributed by atoms with Gasteiger partial charge in [0.15, 0.2) is 0 Å². The van der Waals surface area contributed by atoms with Crippen molar-refractivity contribution >= 4 is 41.8 Å². The number of nitrogens with two attached hydrogens (primary N) is 1. The Balaban J connectivity index is 2.08. The van der Waals surface area contributed by atoms with Crippen LogP contribution < -0.4 is 11.2 Å². The van der Waals surface area contributed by atoms with Crippen LogP contribution in [0.2, 0.25) is 10.0 Å². The molecule has 0 spiro atoms. The topological polar surface area (TPSA) is 107 Å². The summed E-state index contributed by atoms with van der Waals surface area (Å²) < 4.78 is 0. The Bertz CT molecular complexity index is 914. The van der Waals surface area contributed by atoms with Crippen molar-refractivity contribution in [3.8, 4) is 11.1 Å². The van der Waals surface area contributed by atoms with Gasteiger partial charge in [0.05, 0.1) is 16.0 Å². The summed E-state index contributed by atoms with van der Waals surface area (Å²) in [6, 6.07) is 10.2. The van der Waals surface area contributed by atoms with Crippen LogP contribution >= 0.6 is 23.2 Å². The molecule has 0 amide bonds. The molecule has 0 fully saturated rings. The number of carboxylic acid groups (broad SMARTS) is 1. The molecule has 0 aliphatic carbocycles. The first kappa shape index (κ1) is 26.6. The first-order valence-electron chi connectivity index (χ1n) is 10.7. The molecular weight excluding hydrogens is 450 g/mol. The Hall–Kier alpha value is -1.61. The molecule has 0 aliphatic heterocycles. The number of benzene rings is 2. The summed E-state index contributed by atoms with van der Waals surface area (Å²) in [6.07, 6.45) is 2.93. The quantitative estimate of drug-likeness (QED) is 0.347. The summed E-state index contributed by atoms with van der Waals surface area (Å²) in [7, 11) is 0.282. The number of hydrogen-bond donors (Lipinski definition) is 4. The van der Waals surface area contributed by atoms with E-state index in [9.17, 15) is 19.9 Å². The number of nitrogens with zero attached hydrogens (tertiary/aromatic N) is 1. The molecule has 174 valence electrons. The summed E-state index contributed by atoms with van der Waals surface area (Å²) in [5.41, 5.74) is 8.84. The van der Waals surface area contributed by atoms with Crippen LogP contribution in [0.4, 0.5) is 0 Å². The second-order valence-corrected chi connectivity index (χ2v) is 9.02. The second kappa shape index (κ2) is 12.6. The normalized spacial score (nSPS) is 13.2. The minimum Gasteiger partial charge on any atom is -0.481 e. The van der Waals surface area contributed by atoms with Gasteiger partial charge < -0.3 is 25.8 Å². The van der Waals surface area contributed by atoms with E-state index >= 15 is 0 Å². The van der Waals surface area contributed by atoms with Gasteiger partial charge in [0, 0.05) is 12.6 Å². The minimum atomic E-state index is -1.65. The van der Waals surface area contributed by atoms with Gasteiger partial charge in [0.2, 0.25) is 0 Å². The molecular formula is C23H31BCl2N2O4. The van der Waals surface area contributed by atoms with Crippen molar-refractivity contribution in [1.82, 2.24) is 4.90 Å². The van der Waals surface area contributed by atoms with E-state index in [1.807, 2.05) is 31.0 Å². The Morgan fingerprint density at radius 2 is 1.84 bits per heavy atom. The van der Waals surface area contributed by atoms with Gasteiger partial charge >= 0.3 is 13.1 Å². The fourth-order valence-corrected chi connectivity index (χ4v) is 4.05. The largest absolute Gasteiger partial charge is 0.489 e. The Labute approximate surface area is 200 Å². The summed E-state index contributed by atoms with van der Waals surface area (Å²) >= 11 is 12.1. The Morgan fingerprint density at radius 3 is 2.44 bits per heavy atom. The number of halogens is 2. The monoisotopic (exact) mass is 480 g/mol. The summed E-state index contributed by atoms with van der Waals surface area (Å²) in [6.45, 7) is 3.21. The lowest BCUT2D eigenvalue weighted by atomic mass is 9.74. The first-order chi connectivity index (χ1) is 15.1. The standard InChI is InChI=1S/C23H31BCl2N2O4/c1-3-4-5-18(23(29)30)22(27)10-11-28(2)14-15-6-8-17(19(12-15)24(31)32)16-7-9-20(25)21(26)13-16/h6-9,12-13,18,22,31-32H,3-5,10-11,14,27H2,1-2H3,(H,29,30). The maximum Gasteiger partial charge on any atom is 0.489 e. The molecule has 6 nitrogen and oxygen atoms in total. The number of aliphatic carboxylic acids is 1. The van der Waals surface area contributed by atoms with Gasteiger partial charge in [-0.2, -0.15) is 0 Å². The predicted octanol–water partition coefficient (Wildman–Crippen LogP) is 3.38. The van der Waals surface area contributed by atoms with Crippen LogP contribution in [-0.2, 0) is 11.3 Å². The van der Waals surface area contributed by atoms with E-state index in [4.69, 9.17) is 28.9 Å². The number of carboxylic acids is 1. The molecule has 2 aromatic rings. The lowest BCUT2D eigenvalue weighted by molar-refractivity contribution is -0.142. The molecule has 5 N–H and O–H groups in total. The van der Waals surface area contributed by atoms with Crippen LogP contribution in [0.5, 0.6) is 0 Å². The zero-order valence-electron chi connectivity index (χ0n) is 18.5. The highest BCUT2D eigenvalue weighted by molar-refractivity contribution is 6.60. The van der Waals surface area contributed by atoms with Crippen molar-refractivity contribution in [2.45, 2.75) is 45.2 Å². The summed E-state index contributed by atoms with van der Waals surface area (Å²) in [5.74, 6) is -1.38. The van der Waals surface area contributed by atoms with Gasteiger partial charge in [-0.1, -0.05) is 67.2 Å². The van der Waals surface area contributed by atoms with Crippen molar-refractivity contribution < 1.29 is 19.9 Å². The number of unbranched alkanes of at least 4 members (excludes halogenated alkanes) is 1. The Kier molecular flexibility index (Phi) is 10.5. The molecule has 0 saturated heterocycles. The molecule has 0 aromatic heterocycles. The third kappa shape index (κ3) is 7.47. The van der Waals surface area contributed by atoms with Crippen LogP contribution in [0.15, 0.2) is 36.4 Å². The average molecular weight is 481 g/mol. The van der Waals surface area contributed by atoms with Gasteiger partial charge in [-0.05, 0) is 60.7 Å². The lowest BCUT2D eigenvalue weighted by Gasteiger charge is -2.24. The zero-order chi connectivity index (χ0) is 23.8. The summed E-state index contributed by atoms with van der Waals surface area (Å²) in [5, 5.41) is 30.1. The van der Waals surface area contributed by atoms with Gasteiger partial charge in [0.25, 0.3) is 0 Å². The van der Waals surface area contributed by atoms with E-state index in [2.05, 4.69) is 0 Å². The molecule has 0 bridgehead atoms. The highest BCUT2D eigenvalue weighted by Gasteiger charge is 2.25. The molecule has 2 rings (SSSR count). The molecule has 0 aliphatic rings. The van der Waals surface area contributed by atoms with Crippen molar-refractivity contribution in [3.05, 3.63) is 52.0 Å². The smallest absolute Gasteiger partial charge is 0.481 e. The third-order valence-corrected chi connectivity index (χ3v) is 6.36. The molecule has 2 atom stereocenters. The van der Waals surface area contributed by atoms with Crippen molar-refractivity contribution in [2.75, 3.05) is 13.6 Å². The maximum atomic E-state index is 11.5. The van der Waals surface area contributed by atoms with Crippen LogP contribution in [0.1, 0.15) is 38.2 Å². The SMILES string of the molecule is CCCCC(C(=O)O)C(N)CCN(C)Cc1ccc(-c2ccc(Cl)c(Cl)c2)c(B(O)O)c1. The molecule has 2 unspecified atom stereocenters. The van der Waals surface area contributed by atoms with E-state index in [1.54, 1.807) is 24.3 Å². The molecule has 0 radical (unpaired) electrons. The molecule has 0 heterocycles. The number of hydrogen-bond acceptors (Lipinski definition) is 5. The molecule has 9 heteroatoms. The molecule has 32 heavy (non-hydrogen) atoms. The zero-order valence-corrected chi connectivity index (χ0v) is 20.0. The third-order valence-electron chi connectivity index (χ3n) is 5.62. The van der Waals surface area contributed by atoms with E-state index < -0.39 is 25.0 Å². The van der Waals surface area contributed by atoms with Gasteiger partial charge in [-0.25, -0.2) is 0 Å². The molecule has 2 aromatic carbocycles. The van der Waals surface area contributed by atoms with E-state index in [1.165, 1.54) is 0 Å². The predicted molar refractivity (Wildman–Crippen MR) is 131 cm³/mol. The van der Waals surface area contributed by atoms with Crippen LogP contribution in [-0.4, -0.2) is 52.8 Å². The van der Waals surface area contributed by atoms with Crippen LogP contribution in [0.25, 0.3) is 11.1 Å². The van der Waals surface area contributed by atoms with Crippen molar-refractivity contribution in [3.63, 3.8) is 0 Å². The fraction of sp³-hybridized carbons (Fsp3) is 0.435. The number of rotatable bonds is 12. The van der Waals surface area contributed by atoms with Gasteiger partial charge in [-0.15, -0.1) is 0 Å².